The van der Waals surface area contributed by atoms with Gasteiger partial charge in [0.25, 0.3) is 0 Å². The van der Waals surface area contributed by atoms with Crippen molar-refractivity contribution in [2.75, 3.05) is 31.6 Å². The van der Waals surface area contributed by atoms with Crippen molar-refractivity contribution in [1.82, 2.24) is 4.98 Å². The van der Waals surface area contributed by atoms with Crippen LogP contribution in [0.25, 0.3) is 5.57 Å². The fraction of sp³-hybridized carbons (Fsp3) is 0.350. The first kappa shape index (κ1) is 20.6. The van der Waals surface area contributed by atoms with Gasteiger partial charge in [0.2, 0.25) is 0 Å². The second-order valence-corrected chi connectivity index (χ2v) is 6.89. The molecule has 2 rings (SSSR count). The van der Waals surface area contributed by atoms with Crippen LogP contribution in [-0.4, -0.2) is 37.2 Å². The molecule has 0 aliphatic carbocycles. The number of esters is 1. The van der Waals surface area contributed by atoms with Crippen LogP contribution < -0.4 is 10.2 Å². The van der Waals surface area contributed by atoms with Gasteiger partial charge < -0.3 is 15.0 Å². The van der Waals surface area contributed by atoms with Crippen molar-refractivity contribution >= 4 is 28.6 Å². The molecule has 6 nitrogen and oxygen atoms in total. The van der Waals surface area contributed by atoms with Gasteiger partial charge in [0.15, 0.2) is 0 Å². The lowest BCUT2D eigenvalue weighted by atomic mass is 10.2. The Morgan fingerprint density at radius 3 is 2.59 bits per heavy atom. The van der Waals surface area contributed by atoms with E-state index in [-0.39, 0.29) is 5.97 Å². The van der Waals surface area contributed by atoms with E-state index >= 15 is 0 Å². The van der Waals surface area contributed by atoms with Gasteiger partial charge in [-0.3, -0.25) is 0 Å². The van der Waals surface area contributed by atoms with E-state index in [1.165, 1.54) is 16.2 Å². The Bertz CT molecular complexity index is 817. The average molecular weight is 386 g/mol. The highest BCUT2D eigenvalue weighted by Crippen LogP contribution is 2.19. The highest BCUT2D eigenvalue weighted by Gasteiger charge is 2.09. The first-order valence-corrected chi connectivity index (χ1v) is 9.85. The van der Waals surface area contributed by atoms with Gasteiger partial charge >= 0.3 is 5.97 Å². The number of nitriles is 1. The van der Waals surface area contributed by atoms with E-state index in [0.717, 1.165) is 31.0 Å². The molecule has 0 spiro atoms. The van der Waals surface area contributed by atoms with E-state index in [4.69, 9.17) is 4.74 Å². The summed E-state index contributed by atoms with van der Waals surface area (Å²) >= 11 is 1.43. The molecule has 0 unspecified atom stereocenters. The Balaban J connectivity index is 1.91. The molecular formula is C20H25N4O2S+. The fourth-order valence-corrected chi connectivity index (χ4v) is 3.22. The largest absolute Gasteiger partial charge is 0.456 e. The summed E-state index contributed by atoms with van der Waals surface area (Å²) in [5, 5.41) is 14.9. The van der Waals surface area contributed by atoms with Gasteiger partial charge in [0.1, 0.15) is 29.8 Å². The Morgan fingerprint density at radius 2 is 2.04 bits per heavy atom. The van der Waals surface area contributed by atoms with Gasteiger partial charge in [-0.2, -0.15) is 5.26 Å². The average Bonchev–Trinajstić information content (AvgIpc) is 3.12. The maximum atomic E-state index is 12.1. The number of allylic oxidation sites excluding steroid dienone is 1. The highest BCUT2D eigenvalue weighted by atomic mass is 32.1. The Kier molecular flexibility index (Phi) is 7.99. The Labute approximate surface area is 164 Å². The van der Waals surface area contributed by atoms with Gasteiger partial charge in [-0.1, -0.05) is 0 Å². The molecule has 1 heterocycles. The van der Waals surface area contributed by atoms with Crippen molar-refractivity contribution in [1.29, 1.82) is 5.26 Å². The third-order valence-electron chi connectivity index (χ3n) is 4.16. The zero-order chi connectivity index (χ0) is 19.6. The number of carbonyl (C=O) groups is 1. The van der Waals surface area contributed by atoms with E-state index in [2.05, 4.69) is 30.2 Å². The van der Waals surface area contributed by atoms with Crippen molar-refractivity contribution in [2.45, 2.75) is 20.8 Å². The molecule has 2 N–H and O–H groups in total. The number of benzene rings is 1. The summed E-state index contributed by atoms with van der Waals surface area (Å²) < 4.78 is 5.34. The molecule has 0 fully saturated rings. The quantitative estimate of drug-likeness (QED) is 0.512. The minimum atomic E-state index is -0.320. The second-order valence-electron chi connectivity index (χ2n) is 6.03. The number of thiazole rings is 1. The molecule has 2 aromatic rings. The number of anilines is 1. The normalized spacial score (nSPS) is 11.3. The number of hydrogen-bond acceptors (Lipinski definition) is 6. The number of quaternary nitrogens is 1. The van der Waals surface area contributed by atoms with E-state index in [9.17, 15) is 10.1 Å². The van der Waals surface area contributed by atoms with Crippen LogP contribution in [0.4, 0.5) is 5.69 Å². The van der Waals surface area contributed by atoms with Crippen molar-refractivity contribution in [3.05, 3.63) is 52.1 Å². The van der Waals surface area contributed by atoms with Gasteiger partial charge in [-0.15, -0.1) is 11.3 Å². The lowest BCUT2D eigenvalue weighted by molar-refractivity contribution is -0.896. The molecule has 142 valence electrons. The van der Waals surface area contributed by atoms with Crippen molar-refractivity contribution in [3.63, 3.8) is 0 Å². The molecule has 27 heavy (non-hydrogen) atoms. The maximum absolute atomic E-state index is 12.1. The summed E-state index contributed by atoms with van der Waals surface area (Å²) in [7, 11) is 0. The summed E-state index contributed by atoms with van der Waals surface area (Å²) in [4.78, 5) is 17.8. The minimum Gasteiger partial charge on any atom is -0.456 e. The van der Waals surface area contributed by atoms with Gasteiger partial charge in [-0.25, -0.2) is 9.78 Å². The Morgan fingerprint density at radius 1 is 1.33 bits per heavy atom. The summed E-state index contributed by atoms with van der Waals surface area (Å²) in [6, 6.07) is 9.13. The fourth-order valence-electron chi connectivity index (χ4n) is 2.45. The smallest absolute Gasteiger partial charge is 0.338 e. The SMILES string of the molecule is CC[NH+](CC)CCOC(=O)c1ccc(N/C=C(\C#N)c2nc(C)cs2)cc1. The summed E-state index contributed by atoms with van der Waals surface area (Å²) in [5.41, 5.74) is 2.65. The van der Waals surface area contributed by atoms with Crippen LogP contribution in [0.1, 0.15) is 34.9 Å². The molecule has 0 atom stereocenters. The van der Waals surface area contributed by atoms with Crippen LogP contribution in [0.5, 0.6) is 0 Å². The van der Waals surface area contributed by atoms with Crippen LogP contribution in [-0.2, 0) is 4.74 Å². The number of aryl methyl sites for hydroxylation is 1. The van der Waals surface area contributed by atoms with Gasteiger partial charge in [0, 0.05) is 23.0 Å². The van der Waals surface area contributed by atoms with Crippen LogP contribution in [0, 0.1) is 18.3 Å². The third kappa shape index (κ3) is 6.20. The monoisotopic (exact) mass is 385 g/mol. The summed E-state index contributed by atoms with van der Waals surface area (Å²) in [5.74, 6) is -0.320. The number of ether oxygens (including phenoxy) is 1. The molecule has 0 aliphatic heterocycles. The highest BCUT2D eigenvalue weighted by molar-refractivity contribution is 7.10. The molecule has 0 aliphatic rings. The molecule has 0 saturated carbocycles. The maximum Gasteiger partial charge on any atom is 0.338 e. The predicted octanol–water partition coefficient (Wildman–Crippen LogP) is 2.51. The molecule has 0 saturated heterocycles. The van der Waals surface area contributed by atoms with Gasteiger partial charge in [-0.05, 0) is 45.0 Å². The predicted molar refractivity (Wildman–Crippen MR) is 108 cm³/mol. The number of rotatable bonds is 9. The molecule has 0 amide bonds. The number of likely N-dealkylation sites (N-methyl/N-ethyl adjacent to an activating group) is 1. The number of nitrogens with zero attached hydrogens (tertiary/aromatic N) is 2. The van der Waals surface area contributed by atoms with Crippen molar-refractivity contribution < 1.29 is 14.4 Å². The summed E-state index contributed by atoms with van der Waals surface area (Å²) in [6.07, 6.45) is 1.62. The first-order valence-electron chi connectivity index (χ1n) is 8.97. The van der Waals surface area contributed by atoms with Crippen LogP contribution in [0.3, 0.4) is 0 Å². The zero-order valence-corrected chi connectivity index (χ0v) is 16.7. The zero-order valence-electron chi connectivity index (χ0n) is 15.9. The van der Waals surface area contributed by atoms with Crippen molar-refractivity contribution in [2.24, 2.45) is 0 Å². The lowest BCUT2D eigenvalue weighted by Gasteiger charge is -2.15. The van der Waals surface area contributed by atoms with E-state index in [0.29, 0.717) is 22.8 Å². The first-order chi connectivity index (χ1) is 13.1. The Hall–Kier alpha value is -2.69. The standard InChI is InChI=1S/C20H24N4O2S/c1-4-24(5-2)10-11-26-20(25)16-6-8-18(9-7-16)22-13-17(12-21)19-23-15(3)14-27-19/h6-9,13-14,22H,4-5,10-11H2,1-3H3/p+1/b17-13+. The van der Waals surface area contributed by atoms with E-state index in [1.54, 1.807) is 30.5 Å². The second kappa shape index (κ2) is 10.5. The molecule has 0 radical (unpaired) electrons. The molecule has 1 aromatic heterocycles. The number of nitrogens with one attached hydrogen (secondary N) is 2. The number of hydrogen-bond donors (Lipinski definition) is 2. The number of carbonyl (C=O) groups excluding carboxylic acids is 1. The number of aromatic nitrogens is 1. The molecular weight excluding hydrogens is 360 g/mol. The van der Waals surface area contributed by atoms with Gasteiger partial charge in [0.05, 0.1) is 18.7 Å². The van der Waals surface area contributed by atoms with Crippen molar-refractivity contribution in [3.8, 4) is 6.07 Å². The molecule has 7 heteroatoms. The van der Waals surface area contributed by atoms with E-state index < -0.39 is 0 Å². The topological polar surface area (TPSA) is 79.5 Å². The third-order valence-corrected chi connectivity index (χ3v) is 5.16. The lowest BCUT2D eigenvalue weighted by Crippen LogP contribution is -3.11. The summed E-state index contributed by atoms with van der Waals surface area (Å²) in [6.45, 7) is 9.40. The minimum absolute atomic E-state index is 0.320. The van der Waals surface area contributed by atoms with Crippen LogP contribution in [0.2, 0.25) is 0 Å². The molecule has 1 aromatic carbocycles. The molecule has 0 bridgehead atoms. The van der Waals surface area contributed by atoms with Crippen LogP contribution in [0.15, 0.2) is 35.8 Å². The van der Waals surface area contributed by atoms with Crippen LogP contribution >= 0.6 is 11.3 Å². The van der Waals surface area contributed by atoms with E-state index in [1.807, 2.05) is 12.3 Å².